The largest absolute Gasteiger partial charge is 0.355 e. The number of carbonyl (C=O) groups is 1. The third-order valence-electron chi connectivity index (χ3n) is 7.92. The van der Waals surface area contributed by atoms with E-state index in [4.69, 9.17) is 4.74 Å². The van der Waals surface area contributed by atoms with Gasteiger partial charge in [-0.3, -0.25) is 4.79 Å². The minimum atomic E-state index is -3.18. The van der Waals surface area contributed by atoms with Gasteiger partial charge < -0.3 is 10.1 Å². The summed E-state index contributed by atoms with van der Waals surface area (Å²) < 4.78 is 57.7. The zero-order chi connectivity index (χ0) is 23.3. The second-order valence-electron chi connectivity index (χ2n) is 9.73. The van der Waals surface area contributed by atoms with E-state index >= 15 is 0 Å². The second-order valence-corrected chi connectivity index (χ2v) is 12.0. The number of hydrogen-bond donors (Lipinski definition) is 1. The summed E-state index contributed by atoms with van der Waals surface area (Å²) in [6, 6.07) is 5.42. The average molecular weight is 476 g/mol. The number of aromatic nitrogens is 2. The summed E-state index contributed by atoms with van der Waals surface area (Å²) in [6.07, 6.45) is 1.55. The SMILES string of the molecule is CC[C@H](O[C@@]12CC34C(C31)[C@H]4c1cc(-c3c(F)cccc3F)nnc12)C(=O)NCCS(C)(=O)=O. The molecule has 1 spiro atoms. The van der Waals surface area contributed by atoms with Crippen molar-refractivity contribution in [2.45, 2.75) is 37.4 Å². The highest BCUT2D eigenvalue weighted by Crippen LogP contribution is 3.04. The first-order valence-electron chi connectivity index (χ1n) is 11.1. The van der Waals surface area contributed by atoms with Crippen molar-refractivity contribution >= 4 is 15.7 Å². The monoisotopic (exact) mass is 475 g/mol. The van der Waals surface area contributed by atoms with E-state index in [-0.39, 0.29) is 34.9 Å². The van der Waals surface area contributed by atoms with Crippen LogP contribution in [0.25, 0.3) is 11.3 Å². The van der Waals surface area contributed by atoms with Crippen molar-refractivity contribution < 1.29 is 26.7 Å². The first-order chi connectivity index (χ1) is 15.6. The summed E-state index contributed by atoms with van der Waals surface area (Å²) in [5.41, 5.74) is 0.993. The quantitative estimate of drug-likeness (QED) is 0.629. The number of fused-ring (bicyclic) bond motifs is 3. The molecule has 3 unspecified atom stereocenters. The lowest BCUT2D eigenvalue weighted by molar-refractivity contribution is -0.199. The number of benzene rings is 1. The van der Waals surface area contributed by atoms with Gasteiger partial charge in [0.05, 0.1) is 22.7 Å². The summed E-state index contributed by atoms with van der Waals surface area (Å²) in [6.45, 7) is 1.86. The maximum Gasteiger partial charge on any atom is 0.249 e. The fraction of sp³-hybridized carbons (Fsp3) is 0.522. The standard InChI is InChI=1S/C23H23F2N3O4S/c1-3-15(21(29)26-7-8-33(2,30)31)32-23-10-22-17(18(22)19(22)23)11-9-14(27-28-20(11)23)16-12(24)5-4-6-13(16)25/h4-6,9,15,17-19H,3,7-8,10H2,1-2H3,(H,26,29)/t15-,17+,18?,19?,22?,23-/m0/s1. The Morgan fingerprint density at radius 2 is 2.03 bits per heavy atom. The molecule has 1 aromatic heterocycles. The lowest BCUT2D eigenvalue weighted by atomic mass is 9.57. The lowest BCUT2D eigenvalue weighted by Crippen LogP contribution is -2.56. The van der Waals surface area contributed by atoms with Crippen molar-refractivity contribution in [1.29, 1.82) is 0 Å². The van der Waals surface area contributed by atoms with Gasteiger partial charge in [-0.05, 0) is 53.9 Å². The van der Waals surface area contributed by atoms with Gasteiger partial charge >= 0.3 is 0 Å². The maximum atomic E-state index is 14.3. The topological polar surface area (TPSA) is 98.2 Å². The van der Waals surface area contributed by atoms with Crippen LogP contribution in [0.4, 0.5) is 8.78 Å². The van der Waals surface area contributed by atoms with Gasteiger partial charge in [0.15, 0.2) is 0 Å². The molecule has 6 atom stereocenters. The molecule has 0 saturated heterocycles. The van der Waals surface area contributed by atoms with Gasteiger partial charge in [0.25, 0.3) is 0 Å². The Bertz CT molecular complexity index is 1300. The van der Waals surface area contributed by atoms with Gasteiger partial charge in [-0.25, -0.2) is 17.2 Å². The molecule has 0 radical (unpaired) electrons. The van der Waals surface area contributed by atoms with E-state index in [1.165, 1.54) is 18.2 Å². The first-order valence-corrected chi connectivity index (χ1v) is 13.2. The molecule has 4 aliphatic rings. The summed E-state index contributed by atoms with van der Waals surface area (Å²) in [4.78, 5) is 12.7. The van der Waals surface area contributed by atoms with E-state index < -0.39 is 33.2 Å². The van der Waals surface area contributed by atoms with Gasteiger partial charge in [0.2, 0.25) is 5.91 Å². The molecule has 3 saturated carbocycles. The molecule has 3 fully saturated rings. The van der Waals surface area contributed by atoms with Crippen LogP contribution in [0.2, 0.25) is 0 Å². The average Bonchev–Trinajstić information content (AvgIpc) is 3.57. The Labute approximate surface area is 189 Å². The van der Waals surface area contributed by atoms with Crippen LogP contribution in [0.15, 0.2) is 24.3 Å². The van der Waals surface area contributed by atoms with Gasteiger partial charge in [-0.15, -0.1) is 5.10 Å². The second kappa shape index (κ2) is 6.56. The van der Waals surface area contributed by atoms with Crippen LogP contribution >= 0.6 is 0 Å². The number of halogens is 2. The van der Waals surface area contributed by atoms with Crippen LogP contribution in [0, 0.1) is 28.9 Å². The number of rotatable bonds is 8. The van der Waals surface area contributed by atoms with Crippen LogP contribution in [0.1, 0.15) is 36.9 Å². The molecule has 2 aromatic rings. The number of hydrogen-bond acceptors (Lipinski definition) is 6. The van der Waals surface area contributed by atoms with Crippen molar-refractivity contribution in [3.63, 3.8) is 0 Å². The molecule has 1 heterocycles. The molecular formula is C23H23F2N3O4S. The summed E-state index contributed by atoms with van der Waals surface area (Å²) in [5.74, 6) is -0.804. The molecule has 1 aromatic carbocycles. The molecule has 7 nitrogen and oxygen atoms in total. The van der Waals surface area contributed by atoms with E-state index in [1.807, 2.05) is 6.92 Å². The normalized spacial score (nSPS) is 32.8. The third kappa shape index (κ3) is 2.73. The highest BCUT2D eigenvalue weighted by Gasteiger charge is 3.01. The van der Waals surface area contributed by atoms with Gasteiger partial charge in [-0.2, -0.15) is 5.10 Å². The Kier molecular flexibility index (Phi) is 4.20. The van der Waals surface area contributed by atoms with Crippen LogP contribution < -0.4 is 5.32 Å². The zero-order valence-corrected chi connectivity index (χ0v) is 19.0. The van der Waals surface area contributed by atoms with Crippen LogP contribution in [0.3, 0.4) is 0 Å². The molecule has 4 aliphatic carbocycles. The number of ether oxygens (including phenoxy) is 1. The van der Waals surface area contributed by atoms with Gasteiger partial charge in [-0.1, -0.05) is 13.0 Å². The summed E-state index contributed by atoms with van der Waals surface area (Å²) >= 11 is 0. The predicted molar refractivity (Wildman–Crippen MR) is 114 cm³/mol. The van der Waals surface area contributed by atoms with Gasteiger partial charge in [0.1, 0.15) is 33.2 Å². The number of carbonyl (C=O) groups excluding carboxylic acids is 1. The minimum absolute atomic E-state index is 0.0244. The fourth-order valence-electron chi connectivity index (χ4n) is 6.51. The molecular weight excluding hydrogens is 452 g/mol. The highest BCUT2D eigenvalue weighted by molar-refractivity contribution is 7.90. The first kappa shape index (κ1) is 21.1. The molecule has 1 amide bonds. The van der Waals surface area contributed by atoms with Crippen molar-refractivity contribution in [2.24, 2.45) is 17.3 Å². The molecule has 10 heteroatoms. The highest BCUT2D eigenvalue weighted by atomic mass is 32.2. The van der Waals surface area contributed by atoms with Crippen LogP contribution in [-0.2, 0) is 25.0 Å². The number of amides is 1. The summed E-state index contributed by atoms with van der Waals surface area (Å²) in [7, 11) is -3.18. The molecule has 0 aliphatic heterocycles. The van der Waals surface area contributed by atoms with Crippen molar-refractivity contribution in [2.75, 3.05) is 18.6 Å². The number of nitrogens with one attached hydrogen (secondary N) is 1. The van der Waals surface area contributed by atoms with E-state index in [1.54, 1.807) is 6.07 Å². The number of nitrogens with zero attached hydrogens (tertiary/aromatic N) is 2. The van der Waals surface area contributed by atoms with E-state index in [0.29, 0.717) is 29.9 Å². The van der Waals surface area contributed by atoms with E-state index in [0.717, 1.165) is 18.2 Å². The maximum absolute atomic E-state index is 14.3. The van der Waals surface area contributed by atoms with Crippen LogP contribution in [0.5, 0.6) is 0 Å². The molecule has 6 rings (SSSR count). The van der Waals surface area contributed by atoms with Crippen molar-refractivity contribution in [3.05, 3.63) is 47.2 Å². The van der Waals surface area contributed by atoms with E-state index in [2.05, 4.69) is 15.5 Å². The predicted octanol–water partition coefficient (Wildman–Crippen LogP) is 2.32. The third-order valence-corrected chi connectivity index (χ3v) is 8.86. The molecule has 1 N–H and O–H groups in total. The van der Waals surface area contributed by atoms with E-state index in [9.17, 15) is 22.0 Å². The smallest absolute Gasteiger partial charge is 0.249 e. The molecule has 33 heavy (non-hydrogen) atoms. The van der Waals surface area contributed by atoms with Gasteiger partial charge in [0, 0.05) is 18.7 Å². The Morgan fingerprint density at radius 3 is 2.64 bits per heavy atom. The molecule has 174 valence electrons. The number of sulfone groups is 1. The molecule has 0 bridgehead atoms. The van der Waals surface area contributed by atoms with Crippen molar-refractivity contribution in [3.8, 4) is 11.3 Å². The Morgan fingerprint density at radius 1 is 1.30 bits per heavy atom. The minimum Gasteiger partial charge on any atom is -0.355 e. The zero-order valence-electron chi connectivity index (χ0n) is 18.1. The summed E-state index contributed by atoms with van der Waals surface area (Å²) in [5, 5.41) is 11.2. The Balaban J connectivity index is 1.28. The van der Waals surface area contributed by atoms with Crippen molar-refractivity contribution in [1.82, 2.24) is 15.5 Å². The lowest BCUT2D eigenvalue weighted by Gasteiger charge is -2.54. The Hall–Kier alpha value is -2.46. The van der Waals surface area contributed by atoms with Crippen LogP contribution in [-0.4, -0.2) is 49.2 Å². The fourth-order valence-corrected chi connectivity index (χ4v) is 6.99.